The minimum Gasteiger partial charge on any atom is -0.477 e. The lowest BCUT2D eigenvalue weighted by atomic mass is 10.0. The van der Waals surface area contributed by atoms with Gasteiger partial charge >= 0.3 is 5.97 Å². The van der Waals surface area contributed by atoms with Gasteiger partial charge in [-0.1, -0.05) is 0 Å². The quantitative estimate of drug-likeness (QED) is 0.638. The molecule has 0 aliphatic carbocycles. The minimum atomic E-state index is -1.47. The maximum Gasteiger partial charge on any atom is 0.342 e. The molecular formula is C13H15FN2O5. The molecule has 7 nitrogen and oxygen atoms in total. The fraction of sp³-hybridized carbons (Fsp3) is 0.462. The molecule has 1 heterocycles. The Morgan fingerprint density at radius 1 is 1.62 bits per heavy atom. The predicted molar refractivity (Wildman–Crippen MR) is 72.0 cm³/mol. The average Bonchev–Trinajstić information content (AvgIpc) is 2.82. The highest BCUT2D eigenvalue weighted by Crippen LogP contribution is 2.27. The number of nitro benzene ring substituents is 1. The second-order valence-electron chi connectivity index (χ2n) is 4.92. The summed E-state index contributed by atoms with van der Waals surface area (Å²) in [5.41, 5.74) is -1.36. The van der Waals surface area contributed by atoms with Crippen molar-refractivity contribution in [3.63, 3.8) is 0 Å². The molecule has 21 heavy (non-hydrogen) atoms. The van der Waals surface area contributed by atoms with E-state index in [2.05, 4.69) is 5.32 Å². The molecule has 1 aliphatic heterocycles. The Kier molecular flexibility index (Phi) is 4.37. The number of nitrogens with zero attached hydrogens (tertiary/aromatic N) is 1. The topological polar surface area (TPSA) is 102 Å². The molecular weight excluding hydrogens is 283 g/mol. The number of benzene rings is 1. The number of carboxylic acids is 1. The van der Waals surface area contributed by atoms with Crippen molar-refractivity contribution in [3.05, 3.63) is 33.6 Å². The monoisotopic (exact) mass is 298 g/mol. The van der Waals surface area contributed by atoms with E-state index < -0.39 is 28.0 Å². The Hall–Kier alpha value is -2.22. The summed E-state index contributed by atoms with van der Waals surface area (Å²) in [4.78, 5) is 20.9. The van der Waals surface area contributed by atoms with Gasteiger partial charge in [0, 0.05) is 19.1 Å². The molecule has 1 aromatic carbocycles. The number of aromatic carboxylic acids is 1. The maximum absolute atomic E-state index is 13.8. The van der Waals surface area contributed by atoms with Gasteiger partial charge in [0.05, 0.1) is 22.8 Å². The Morgan fingerprint density at radius 2 is 2.33 bits per heavy atom. The first-order valence-electron chi connectivity index (χ1n) is 6.47. The molecule has 0 radical (unpaired) electrons. The summed E-state index contributed by atoms with van der Waals surface area (Å²) < 4.78 is 19.2. The van der Waals surface area contributed by atoms with E-state index in [1.54, 1.807) is 0 Å². The zero-order valence-corrected chi connectivity index (χ0v) is 11.3. The van der Waals surface area contributed by atoms with Crippen LogP contribution in [0.15, 0.2) is 12.1 Å². The SMILES string of the molecule is CC1OCCC1CNc1cc(C(=O)O)c([N+](=O)[O-])cc1F. The molecule has 2 rings (SSSR count). The van der Waals surface area contributed by atoms with Crippen LogP contribution in [-0.4, -0.2) is 35.3 Å². The van der Waals surface area contributed by atoms with Crippen LogP contribution in [0.5, 0.6) is 0 Å². The van der Waals surface area contributed by atoms with E-state index in [9.17, 15) is 19.3 Å². The third-order valence-electron chi connectivity index (χ3n) is 3.60. The van der Waals surface area contributed by atoms with Crippen molar-refractivity contribution in [2.75, 3.05) is 18.5 Å². The van der Waals surface area contributed by atoms with Crippen LogP contribution in [0.4, 0.5) is 15.8 Å². The molecule has 1 fully saturated rings. The summed E-state index contributed by atoms with van der Waals surface area (Å²) in [6, 6.07) is 1.58. The Balaban J connectivity index is 2.21. The second-order valence-corrected chi connectivity index (χ2v) is 4.92. The molecule has 1 aliphatic rings. The lowest BCUT2D eigenvalue weighted by molar-refractivity contribution is -0.385. The van der Waals surface area contributed by atoms with Gasteiger partial charge in [-0.2, -0.15) is 0 Å². The molecule has 8 heteroatoms. The standard InChI is InChI=1S/C13H15FN2O5/c1-7-8(2-3-21-7)6-15-11-4-9(13(17)18)12(16(19)20)5-10(11)14/h4-5,7-8,15H,2-3,6H2,1H3,(H,17,18). The molecule has 114 valence electrons. The molecule has 2 N–H and O–H groups in total. The van der Waals surface area contributed by atoms with E-state index in [4.69, 9.17) is 9.84 Å². The first-order valence-corrected chi connectivity index (χ1v) is 6.47. The molecule has 1 aromatic rings. The van der Waals surface area contributed by atoms with E-state index in [0.717, 1.165) is 12.5 Å². The average molecular weight is 298 g/mol. The van der Waals surface area contributed by atoms with E-state index in [-0.39, 0.29) is 17.7 Å². The van der Waals surface area contributed by atoms with Crippen LogP contribution in [0, 0.1) is 21.8 Å². The number of carbonyl (C=O) groups is 1. The van der Waals surface area contributed by atoms with Crippen molar-refractivity contribution in [1.82, 2.24) is 0 Å². The van der Waals surface area contributed by atoms with Gasteiger partial charge in [-0.25, -0.2) is 9.18 Å². The van der Waals surface area contributed by atoms with Crippen LogP contribution < -0.4 is 5.32 Å². The number of halogens is 1. The third-order valence-corrected chi connectivity index (χ3v) is 3.60. The highest BCUT2D eigenvalue weighted by Gasteiger charge is 2.26. The van der Waals surface area contributed by atoms with Crippen molar-refractivity contribution >= 4 is 17.3 Å². The zero-order chi connectivity index (χ0) is 15.6. The molecule has 2 atom stereocenters. The van der Waals surface area contributed by atoms with Crippen LogP contribution in [0.25, 0.3) is 0 Å². The van der Waals surface area contributed by atoms with Crippen LogP contribution in [0.3, 0.4) is 0 Å². The van der Waals surface area contributed by atoms with E-state index in [1.807, 2.05) is 6.92 Å². The smallest absolute Gasteiger partial charge is 0.342 e. The van der Waals surface area contributed by atoms with Gasteiger partial charge in [0.2, 0.25) is 0 Å². The van der Waals surface area contributed by atoms with Crippen molar-refractivity contribution in [2.24, 2.45) is 5.92 Å². The summed E-state index contributed by atoms with van der Waals surface area (Å²) in [7, 11) is 0. The number of carboxylic acid groups (broad SMARTS) is 1. The number of anilines is 1. The predicted octanol–water partition coefficient (Wildman–Crippen LogP) is 2.27. The molecule has 2 unspecified atom stereocenters. The summed E-state index contributed by atoms with van der Waals surface area (Å²) in [6.07, 6.45) is 0.867. The first kappa shape index (κ1) is 15.2. The molecule has 0 spiro atoms. The lowest BCUT2D eigenvalue weighted by Gasteiger charge is -2.16. The molecule has 0 amide bonds. The van der Waals surface area contributed by atoms with Gasteiger partial charge in [0.15, 0.2) is 5.82 Å². The Labute approximate surface area is 119 Å². The molecule has 1 saturated heterocycles. The van der Waals surface area contributed by atoms with Crippen molar-refractivity contribution in [3.8, 4) is 0 Å². The highest BCUT2D eigenvalue weighted by molar-refractivity contribution is 5.93. The summed E-state index contributed by atoms with van der Waals surface area (Å²) in [6.45, 7) is 2.96. The molecule has 0 saturated carbocycles. The fourth-order valence-corrected chi connectivity index (χ4v) is 2.31. The summed E-state index contributed by atoms with van der Waals surface area (Å²) in [5.74, 6) is -2.13. The number of ether oxygens (including phenoxy) is 1. The Bertz CT molecular complexity index is 578. The van der Waals surface area contributed by atoms with Gasteiger partial charge in [-0.05, 0) is 19.4 Å². The Morgan fingerprint density at radius 3 is 2.86 bits per heavy atom. The van der Waals surface area contributed by atoms with Gasteiger partial charge in [0.1, 0.15) is 5.56 Å². The van der Waals surface area contributed by atoms with E-state index >= 15 is 0 Å². The first-order chi connectivity index (χ1) is 9.90. The summed E-state index contributed by atoms with van der Waals surface area (Å²) in [5, 5.41) is 22.5. The maximum atomic E-state index is 13.8. The number of nitro groups is 1. The fourth-order valence-electron chi connectivity index (χ4n) is 2.31. The second kappa shape index (κ2) is 6.04. The number of rotatable bonds is 5. The van der Waals surface area contributed by atoms with Crippen molar-refractivity contribution < 1.29 is 24.0 Å². The largest absolute Gasteiger partial charge is 0.477 e. The number of hydrogen-bond donors (Lipinski definition) is 2. The van der Waals surface area contributed by atoms with Crippen LogP contribution in [0.1, 0.15) is 23.7 Å². The van der Waals surface area contributed by atoms with Gasteiger partial charge in [-0.3, -0.25) is 10.1 Å². The summed E-state index contributed by atoms with van der Waals surface area (Å²) >= 11 is 0. The van der Waals surface area contributed by atoms with Crippen LogP contribution >= 0.6 is 0 Å². The van der Waals surface area contributed by atoms with Crippen molar-refractivity contribution in [2.45, 2.75) is 19.4 Å². The van der Waals surface area contributed by atoms with Crippen molar-refractivity contribution in [1.29, 1.82) is 0 Å². The molecule has 0 aromatic heterocycles. The normalized spacial score (nSPS) is 21.2. The van der Waals surface area contributed by atoms with E-state index in [0.29, 0.717) is 19.2 Å². The number of hydrogen-bond acceptors (Lipinski definition) is 5. The van der Waals surface area contributed by atoms with Gasteiger partial charge in [0.25, 0.3) is 5.69 Å². The highest BCUT2D eigenvalue weighted by atomic mass is 19.1. The zero-order valence-electron chi connectivity index (χ0n) is 11.3. The van der Waals surface area contributed by atoms with Gasteiger partial charge < -0.3 is 15.2 Å². The number of nitrogens with one attached hydrogen (secondary N) is 1. The molecule has 0 bridgehead atoms. The van der Waals surface area contributed by atoms with Gasteiger partial charge in [-0.15, -0.1) is 0 Å². The third kappa shape index (κ3) is 3.27. The van der Waals surface area contributed by atoms with Crippen LogP contribution in [-0.2, 0) is 4.74 Å². The lowest BCUT2D eigenvalue weighted by Crippen LogP contribution is -2.21. The van der Waals surface area contributed by atoms with E-state index in [1.165, 1.54) is 0 Å². The minimum absolute atomic E-state index is 0.0394. The van der Waals surface area contributed by atoms with Crippen LogP contribution in [0.2, 0.25) is 0 Å².